The molecule has 1 aliphatic rings. The van der Waals surface area contributed by atoms with E-state index in [-0.39, 0.29) is 28.2 Å². The molecule has 0 bridgehead atoms. The average Bonchev–Trinajstić information content (AvgIpc) is 2.76. The molecule has 0 spiro atoms. The van der Waals surface area contributed by atoms with Gasteiger partial charge in [-0.3, -0.25) is 4.79 Å². The number of aromatic nitrogens is 1. The molecule has 1 heterocycles. The van der Waals surface area contributed by atoms with Crippen LogP contribution in [0.25, 0.3) is 11.1 Å². The van der Waals surface area contributed by atoms with Gasteiger partial charge in [-0.05, 0) is 95.0 Å². The highest BCUT2D eigenvalue weighted by Gasteiger charge is 2.34. The number of carbonyl (C=O) groups is 2. The second-order valence-corrected chi connectivity index (χ2v) is 10.9. The van der Waals surface area contributed by atoms with Gasteiger partial charge in [0, 0.05) is 17.3 Å². The van der Waals surface area contributed by atoms with Crippen molar-refractivity contribution in [3.63, 3.8) is 0 Å². The van der Waals surface area contributed by atoms with E-state index in [1.54, 1.807) is 40.7 Å². The van der Waals surface area contributed by atoms with Gasteiger partial charge in [0.2, 0.25) is 0 Å². The SMILES string of the molecule is Cc1nc(C(=O)NC2CCC(C)CC2)c(C)c(-c2ccc(Cl)c(F)c2)c1[C@H](OC(C)(C)C)C(=O)O. The quantitative estimate of drug-likeness (QED) is 0.474. The van der Waals surface area contributed by atoms with Gasteiger partial charge < -0.3 is 15.2 Å². The van der Waals surface area contributed by atoms with E-state index in [1.807, 2.05) is 0 Å². The number of rotatable bonds is 6. The van der Waals surface area contributed by atoms with Gasteiger partial charge in [-0.1, -0.05) is 24.6 Å². The predicted molar refractivity (Wildman–Crippen MR) is 134 cm³/mol. The minimum Gasteiger partial charge on any atom is -0.479 e. The van der Waals surface area contributed by atoms with E-state index >= 15 is 0 Å². The van der Waals surface area contributed by atoms with Gasteiger partial charge in [-0.15, -0.1) is 0 Å². The number of pyridine rings is 1. The highest BCUT2D eigenvalue weighted by Crippen LogP contribution is 2.39. The summed E-state index contributed by atoms with van der Waals surface area (Å²) in [6.45, 7) is 10.8. The van der Waals surface area contributed by atoms with Gasteiger partial charge in [0.05, 0.1) is 10.6 Å². The van der Waals surface area contributed by atoms with Crippen LogP contribution in [0.5, 0.6) is 0 Å². The fourth-order valence-corrected chi connectivity index (χ4v) is 4.74. The predicted octanol–water partition coefficient (Wildman–Crippen LogP) is 6.41. The number of ether oxygens (including phenoxy) is 1. The average molecular weight is 505 g/mol. The van der Waals surface area contributed by atoms with Crippen LogP contribution in [0.3, 0.4) is 0 Å². The minimum absolute atomic E-state index is 0.0519. The Morgan fingerprint density at radius 3 is 2.37 bits per heavy atom. The molecule has 190 valence electrons. The monoisotopic (exact) mass is 504 g/mol. The highest BCUT2D eigenvalue weighted by atomic mass is 35.5. The number of hydrogen-bond donors (Lipinski definition) is 2. The molecule has 1 atom stereocenters. The summed E-state index contributed by atoms with van der Waals surface area (Å²) in [5.41, 5.74) is 1.30. The van der Waals surface area contributed by atoms with E-state index in [1.165, 1.54) is 12.1 Å². The van der Waals surface area contributed by atoms with Crippen molar-refractivity contribution in [1.29, 1.82) is 0 Å². The molecule has 1 aromatic heterocycles. The minimum atomic E-state index is -1.37. The zero-order valence-corrected chi connectivity index (χ0v) is 21.9. The summed E-state index contributed by atoms with van der Waals surface area (Å²) >= 11 is 5.91. The molecule has 0 saturated heterocycles. The number of nitrogens with one attached hydrogen (secondary N) is 1. The summed E-state index contributed by atoms with van der Waals surface area (Å²) in [4.78, 5) is 30.2. The molecule has 6 nitrogen and oxygen atoms in total. The number of aliphatic carboxylic acids is 1. The molecule has 3 rings (SSSR count). The van der Waals surface area contributed by atoms with Crippen LogP contribution >= 0.6 is 11.6 Å². The molecule has 8 heteroatoms. The Morgan fingerprint density at radius 2 is 1.83 bits per heavy atom. The van der Waals surface area contributed by atoms with Crippen LogP contribution in [0.2, 0.25) is 5.02 Å². The topological polar surface area (TPSA) is 88.5 Å². The van der Waals surface area contributed by atoms with Gasteiger partial charge in [-0.2, -0.15) is 0 Å². The first-order valence-corrected chi connectivity index (χ1v) is 12.3. The van der Waals surface area contributed by atoms with E-state index in [4.69, 9.17) is 16.3 Å². The van der Waals surface area contributed by atoms with Crippen molar-refractivity contribution in [2.24, 2.45) is 5.92 Å². The summed E-state index contributed by atoms with van der Waals surface area (Å²) < 4.78 is 20.4. The highest BCUT2D eigenvalue weighted by molar-refractivity contribution is 6.30. The van der Waals surface area contributed by atoms with Crippen LogP contribution in [0.4, 0.5) is 4.39 Å². The van der Waals surface area contributed by atoms with Crippen LogP contribution in [0.1, 0.15) is 86.8 Å². The van der Waals surface area contributed by atoms with Crippen LogP contribution in [-0.2, 0) is 9.53 Å². The maximum atomic E-state index is 14.5. The summed E-state index contributed by atoms with van der Waals surface area (Å²) in [5, 5.41) is 13.1. The lowest BCUT2D eigenvalue weighted by molar-refractivity contribution is -0.160. The first-order valence-electron chi connectivity index (χ1n) is 12.0. The number of carboxylic acid groups (broad SMARTS) is 1. The summed E-state index contributed by atoms with van der Waals surface area (Å²) in [7, 11) is 0. The number of carbonyl (C=O) groups excluding carboxylic acids is 1. The maximum absolute atomic E-state index is 14.5. The van der Waals surface area contributed by atoms with Crippen LogP contribution in [0, 0.1) is 25.6 Å². The van der Waals surface area contributed by atoms with Gasteiger partial charge in [0.1, 0.15) is 11.5 Å². The zero-order valence-electron chi connectivity index (χ0n) is 21.2. The Morgan fingerprint density at radius 1 is 1.20 bits per heavy atom. The van der Waals surface area contributed by atoms with E-state index in [2.05, 4.69) is 17.2 Å². The second-order valence-electron chi connectivity index (χ2n) is 10.5. The molecule has 35 heavy (non-hydrogen) atoms. The Kier molecular flexibility index (Phi) is 8.22. The standard InChI is InChI=1S/C27H34ClFN2O4/c1-14-7-10-18(11-8-14)31-25(32)23-15(2)21(17-9-12-19(28)20(29)13-17)22(16(3)30-23)24(26(33)34)35-27(4,5)6/h9,12-14,18,24H,7-8,10-11H2,1-6H3,(H,31,32)(H,33,34)/t14?,18?,24-/m0/s1. The number of carboxylic acids is 1. The largest absolute Gasteiger partial charge is 0.479 e. The normalized spacial score (nSPS) is 19.3. The van der Waals surface area contributed by atoms with E-state index in [9.17, 15) is 19.1 Å². The molecular formula is C27H34ClFN2O4. The first-order chi connectivity index (χ1) is 16.3. The molecule has 1 saturated carbocycles. The molecular weight excluding hydrogens is 471 g/mol. The lowest BCUT2D eigenvalue weighted by atomic mass is 9.87. The Labute approximate surface area is 211 Å². The van der Waals surface area contributed by atoms with Gasteiger partial charge >= 0.3 is 5.97 Å². The fourth-order valence-electron chi connectivity index (χ4n) is 4.62. The molecule has 0 radical (unpaired) electrons. The van der Waals surface area contributed by atoms with E-state index < -0.39 is 23.5 Å². The Bertz CT molecular complexity index is 1120. The number of benzene rings is 1. The van der Waals surface area contributed by atoms with Gasteiger partial charge in [-0.25, -0.2) is 14.2 Å². The summed E-state index contributed by atoms with van der Waals surface area (Å²) in [5.74, 6) is -1.52. The van der Waals surface area contributed by atoms with Crippen molar-refractivity contribution in [2.75, 3.05) is 0 Å². The lowest BCUT2D eigenvalue weighted by Crippen LogP contribution is -2.38. The third kappa shape index (κ3) is 6.39. The smallest absolute Gasteiger partial charge is 0.337 e. The number of halogens is 2. The molecule has 1 aromatic carbocycles. The Hall–Kier alpha value is -2.51. The van der Waals surface area contributed by atoms with Crippen molar-refractivity contribution in [3.8, 4) is 11.1 Å². The van der Waals surface area contributed by atoms with Crippen LogP contribution in [-0.4, -0.2) is 33.6 Å². The maximum Gasteiger partial charge on any atom is 0.337 e. The van der Waals surface area contributed by atoms with E-state index in [0.717, 1.165) is 25.7 Å². The zero-order chi connectivity index (χ0) is 26.1. The second kappa shape index (κ2) is 10.6. The lowest BCUT2D eigenvalue weighted by Gasteiger charge is -2.29. The van der Waals surface area contributed by atoms with Crippen molar-refractivity contribution in [1.82, 2.24) is 10.3 Å². The number of amides is 1. The number of aryl methyl sites for hydroxylation is 1. The molecule has 1 amide bonds. The van der Waals surface area contributed by atoms with Gasteiger partial charge in [0.25, 0.3) is 5.91 Å². The third-order valence-corrected chi connectivity index (χ3v) is 6.71. The van der Waals surface area contributed by atoms with Crippen molar-refractivity contribution < 1.29 is 23.8 Å². The molecule has 2 N–H and O–H groups in total. The molecule has 2 aromatic rings. The van der Waals surface area contributed by atoms with Gasteiger partial charge in [0.15, 0.2) is 6.10 Å². The van der Waals surface area contributed by atoms with Crippen molar-refractivity contribution in [2.45, 2.75) is 85.0 Å². The fraction of sp³-hybridized carbons (Fsp3) is 0.519. The van der Waals surface area contributed by atoms with E-state index in [0.29, 0.717) is 28.3 Å². The number of hydrogen-bond acceptors (Lipinski definition) is 4. The first kappa shape index (κ1) is 27.1. The van der Waals surface area contributed by atoms with Crippen molar-refractivity contribution in [3.05, 3.63) is 51.6 Å². The molecule has 0 unspecified atom stereocenters. The third-order valence-electron chi connectivity index (χ3n) is 6.40. The Balaban J connectivity index is 2.17. The summed E-state index contributed by atoms with van der Waals surface area (Å²) in [6.07, 6.45) is 2.54. The van der Waals surface area contributed by atoms with Crippen molar-refractivity contribution >= 4 is 23.5 Å². The number of nitrogens with zero attached hydrogens (tertiary/aromatic N) is 1. The summed E-state index contributed by atoms with van der Waals surface area (Å²) in [6, 6.07) is 4.33. The van der Waals surface area contributed by atoms with Crippen LogP contribution < -0.4 is 5.32 Å². The molecule has 1 aliphatic carbocycles. The molecule has 1 fully saturated rings. The van der Waals surface area contributed by atoms with Crippen LogP contribution in [0.15, 0.2) is 18.2 Å². The molecule has 0 aliphatic heterocycles.